The average molecular weight is 341 g/mol. The minimum Gasteiger partial charge on any atom is -0.466 e. The van der Waals surface area contributed by atoms with E-state index in [-0.39, 0.29) is 12.5 Å². The number of amides is 1. The van der Waals surface area contributed by atoms with Crippen molar-refractivity contribution in [1.82, 2.24) is 5.32 Å². The van der Waals surface area contributed by atoms with E-state index in [0.717, 1.165) is 11.1 Å². The summed E-state index contributed by atoms with van der Waals surface area (Å²) in [6.07, 6.45) is -0.751. The van der Waals surface area contributed by atoms with Crippen molar-refractivity contribution >= 4 is 17.2 Å². The number of thiophene rings is 1. The fourth-order valence-electron chi connectivity index (χ4n) is 2.59. The summed E-state index contributed by atoms with van der Waals surface area (Å²) < 4.78 is 5.35. The third-order valence-electron chi connectivity index (χ3n) is 3.89. The topological polar surface area (TPSA) is 62.5 Å². The van der Waals surface area contributed by atoms with E-state index in [1.165, 1.54) is 5.56 Å². The van der Waals surface area contributed by atoms with Crippen molar-refractivity contribution in [2.45, 2.75) is 20.0 Å². The van der Waals surface area contributed by atoms with E-state index < -0.39 is 6.10 Å². The highest BCUT2D eigenvalue weighted by Crippen LogP contribution is 2.24. The highest BCUT2D eigenvalue weighted by Gasteiger charge is 2.15. The molecule has 124 valence electrons. The molecule has 5 heteroatoms. The molecular weight excluding hydrogens is 322 g/mol. The Morgan fingerprint density at radius 3 is 2.54 bits per heavy atom. The van der Waals surface area contributed by atoms with E-state index >= 15 is 0 Å². The zero-order chi connectivity index (χ0) is 17.1. The van der Waals surface area contributed by atoms with Gasteiger partial charge in [-0.25, -0.2) is 0 Å². The average Bonchev–Trinajstić information content (AvgIpc) is 3.22. The molecule has 2 heterocycles. The van der Waals surface area contributed by atoms with E-state index in [1.807, 2.05) is 29.6 Å². The Hall–Kier alpha value is -2.37. The molecule has 1 atom stereocenters. The van der Waals surface area contributed by atoms with Gasteiger partial charge in [-0.05, 0) is 53.4 Å². The predicted molar refractivity (Wildman–Crippen MR) is 95.2 cm³/mol. The fourth-order valence-corrected chi connectivity index (χ4v) is 3.25. The van der Waals surface area contributed by atoms with Crippen LogP contribution in [0.4, 0.5) is 0 Å². The van der Waals surface area contributed by atoms with Crippen LogP contribution >= 0.6 is 11.3 Å². The van der Waals surface area contributed by atoms with Gasteiger partial charge in [-0.2, -0.15) is 11.3 Å². The summed E-state index contributed by atoms with van der Waals surface area (Å²) in [6.45, 7) is 3.70. The van der Waals surface area contributed by atoms with Crippen molar-refractivity contribution in [3.8, 4) is 11.1 Å². The number of carbonyl (C=O) groups excluding carboxylic acids is 1. The Bertz CT molecular complexity index is 819. The first-order chi connectivity index (χ1) is 11.5. The van der Waals surface area contributed by atoms with Crippen LogP contribution < -0.4 is 5.32 Å². The molecule has 0 bridgehead atoms. The number of aliphatic hydroxyl groups excluding tert-OH is 1. The van der Waals surface area contributed by atoms with Crippen molar-refractivity contribution in [3.05, 3.63) is 69.8 Å². The highest BCUT2D eigenvalue weighted by atomic mass is 32.1. The van der Waals surface area contributed by atoms with Gasteiger partial charge in [-0.1, -0.05) is 24.3 Å². The summed E-state index contributed by atoms with van der Waals surface area (Å²) >= 11 is 1.65. The summed E-state index contributed by atoms with van der Waals surface area (Å²) in [5.74, 6) is 1.04. The normalized spacial score (nSPS) is 12.1. The molecule has 1 aromatic carbocycles. The lowest BCUT2D eigenvalue weighted by Gasteiger charge is -2.12. The summed E-state index contributed by atoms with van der Waals surface area (Å²) in [5, 5.41) is 17.1. The van der Waals surface area contributed by atoms with Crippen molar-refractivity contribution < 1.29 is 14.3 Å². The monoisotopic (exact) mass is 341 g/mol. The van der Waals surface area contributed by atoms with Gasteiger partial charge in [-0.15, -0.1) is 0 Å². The first kappa shape index (κ1) is 16.5. The summed E-state index contributed by atoms with van der Waals surface area (Å²) in [5.41, 5.74) is 3.56. The van der Waals surface area contributed by atoms with E-state index in [0.29, 0.717) is 17.1 Å². The number of benzene rings is 1. The second-order valence-corrected chi connectivity index (χ2v) is 6.47. The van der Waals surface area contributed by atoms with Crippen LogP contribution in [0.25, 0.3) is 11.1 Å². The first-order valence-electron chi connectivity index (χ1n) is 7.70. The van der Waals surface area contributed by atoms with Crippen LogP contribution in [0.15, 0.2) is 51.6 Å². The van der Waals surface area contributed by atoms with Gasteiger partial charge in [0.25, 0.3) is 5.91 Å². The van der Waals surface area contributed by atoms with Crippen molar-refractivity contribution in [2.24, 2.45) is 0 Å². The zero-order valence-electron chi connectivity index (χ0n) is 13.6. The molecular formula is C19H19NO3S. The Kier molecular flexibility index (Phi) is 4.83. The van der Waals surface area contributed by atoms with E-state index in [9.17, 15) is 9.90 Å². The molecule has 3 rings (SSSR count). The van der Waals surface area contributed by atoms with Gasteiger partial charge >= 0.3 is 0 Å². The van der Waals surface area contributed by atoms with Crippen LogP contribution in [0.2, 0.25) is 0 Å². The number of hydrogen-bond donors (Lipinski definition) is 2. The standard InChI is InChI=1S/C19H19NO3S/c1-12-9-17(13(2)23-12)19(22)20-10-18(21)15-5-3-14(4-6-15)16-7-8-24-11-16/h3-9,11,18,21H,10H2,1-2H3,(H,20,22)/t18-/m0/s1. The smallest absolute Gasteiger partial charge is 0.254 e. The van der Waals surface area contributed by atoms with Crippen LogP contribution in [0.1, 0.15) is 33.5 Å². The minimum absolute atomic E-state index is 0.153. The molecule has 0 unspecified atom stereocenters. The number of hydrogen-bond acceptors (Lipinski definition) is 4. The van der Waals surface area contributed by atoms with Crippen molar-refractivity contribution in [2.75, 3.05) is 6.54 Å². The molecule has 0 saturated carbocycles. The Morgan fingerprint density at radius 2 is 1.96 bits per heavy atom. The van der Waals surface area contributed by atoms with E-state index in [1.54, 1.807) is 31.3 Å². The van der Waals surface area contributed by atoms with Crippen molar-refractivity contribution in [1.29, 1.82) is 0 Å². The number of rotatable bonds is 5. The molecule has 0 spiro atoms. The summed E-state index contributed by atoms with van der Waals surface area (Å²) in [6, 6.07) is 11.5. The van der Waals surface area contributed by atoms with Crippen LogP contribution in [0, 0.1) is 13.8 Å². The second kappa shape index (κ2) is 7.03. The Labute approximate surface area is 144 Å². The number of carbonyl (C=O) groups is 1. The molecule has 4 nitrogen and oxygen atoms in total. The quantitative estimate of drug-likeness (QED) is 0.735. The lowest BCUT2D eigenvalue weighted by atomic mass is 10.0. The minimum atomic E-state index is -0.751. The molecule has 0 saturated heterocycles. The van der Waals surface area contributed by atoms with E-state index in [2.05, 4.69) is 16.8 Å². The largest absolute Gasteiger partial charge is 0.466 e. The van der Waals surface area contributed by atoms with Gasteiger partial charge in [0.05, 0.1) is 11.7 Å². The van der Waals surface area contributed by atoms with E-state index in [4.69, 9.17) is 4.42 Å². The molecule has 24 heavy (non-hydrogen) atoms. The third kappa shape index (κ3) is 3.58. The Morgan fingerprint density at radius 1 is 1.21 bits per heavy atom. The molecule has 3 aromatic rings. The number of nitrogens with one attached hydrogen (secondary N) is 1. The van der Waals surface area contributed by atoms with Crippen LogP contribution in [-0.2, 0) is 0 Å². The SMILES string of the molecule is Cc1cc(C(=O)NC[C@H](O)c2ccc(-c3ccsc3)cc2)c(C)o1. The van der Waals surface area contributed by atoms with Crippen molar-refractivity contribution in [3.63, 3.8) is 0 Å². The molecule has 0 radical (unpaired) electrons. The molecule has 0 aliphatic rings. The number of furan rings is 1. The van der Waals surface area contributed by atoms with Crippen LogP contribution in [0.3, 0.4) is 0 Å². The molecule has 2 N–H and O–H groups in total. The zero-order valence-corrected chi connectivity index (χ0v) is 14.4. The summed E-state index contributed by atoms with van der Waals surface area (Å²) in [7, 11) is 0. The van der Waals surface area contributed by atoms with Gasteiger partial charge in [0.2, 0.25) is 0 Å². The van der Waals surface area contributed by atoms with Gasteiger partial charge in [0.15, 0.2) is 0 Å². The lowest BCUT2D eigenvalue weighted by Crippen LogP contribution is -2.28. The lowest BCUT2D eigenvalue weighted by molar-refractivity contribution is 0.0915. The highest BCUT2D eigenvalue weighted by molar-refractivity contribution is 7.08. The molecule has 0 fully saturated rings. The fraction of sp³-hybridized carbons (Fsp3) is 0.211. The molecule has 1 amide bonds. The molecule has 2 aromatic heterocycles. The van der Waals surface area contributed by atoms with Gasteiger partial charge in [-0.3, -0.25) is 4.79 Å². The summed E-state index contributed by atoms with van der Waals surface area (Å²) in [4.78, 5) is 12.1. The maximum atomic E-state index is 12.1. The molecule has 0 aliphatic carbocycles. The number of aryl methyl sites for hydroxylation is 2. The maximum Gasteiger partial charge on any atom is 0.254 e. The van der Waals surface area contributed by atoms with Crippen LogP contribution in [-0.4, -0.2) is 17.6 Å². The first-order valence-corrected chi connectivity index (χ1v) is 8.64. The Balaban J connectivity index is 1.61. The number of aliphatic hydroxyl groups is 1. The van der Waals surface area contributed by atoms with Gasteiger partial charge in [0.1, 0.15) is 11.5 Å². The van der Waals surface area contributed by atoms with Crippen LogP contribution in [0.5, 0.6) is 0 Å². The van der Waals surface area contributed by atoms with Gasteiger partial charge in [0, 0.05) is 6.54 Å². The third-order valence-corrected chi connectivity index (χ3v) is 4.57. The van der Waals surface area contributed by atoms with Gasteiger partial charge < -0.3 is 14.8 Å². The second-order valence-electron chi connectivity index (χ2n) is 5.69. The predicted octanol–water partition coefficient (Wildman–Crippen LogP) is 4.09. The maximum absolute atomic E-state index is 12.1. The molecule has 0 aliphatic heterocycles.